The summed E-state index contributed by atoms with van der Waals surface area (Å²) in [5, 5.41) is 8.77. The lowest BCUT2D eigenvalue weighted by molar-refractivity contribution is -0.128. The molecule has 1 heterocycles. The number of aryl methyl sites for hydroxylation is 1. The highest BCUT2D eigenvalue weighted by Gasteiger charge is 2.27. The maximum absolute atomic E-state index is 12.9. The largest absolute Gasteiger partial charge is 0.351 e. The predicted molar refractivity (Wildman–Crippen MR) is 124 cm³/mol. The van der Waals surface area contributed by atoms with E-state index in [2.05, 4.69) is 16.0 Å². The summed E-state index contributed by atoms with van der Waals surface area (Å²) in [6, 6.07) is 17.0. The second-order valence-corrected chi connectivity index (χ2v) is 8.36. The highest BCUT2D eigenvalue weighted by Crippen LogP contribution is 2.12. The van der Waals surface area contributed by atoms with Crippen LogP contribution in [-0.2, 0) is 22.6 Å². The number of urea groups is 1. The molecule has 1 saturated heterocycles. The van der Waals surface area contributed by atoms with Crippen molar-refractivity contribution in [3.8, 4) is 0 Å². The van der Waals surface area contributed by atoms with Gasteiger partial charge < -0.3 is 20.9 Å². The summed E-state index contributed by atoms with van der Waals surface area (Å²) in [5.41, 5.74) is 3.20. The molecule has 0 spiro atoms. The Morgan fingerprint density at radius 3 is 2.25 bits per heavy atom. The fraction of sp³-hybridized carbons (Fsp3) is 0.400. The minimum atomic E-state index is -0.623. The van der Waals surface area contributed by atoms with Gasteiger partial charge in [-0.15, -0.1) is 0 Å². The van der Waals surface area contributed by atoms with E-state index in [9.17, 15) is 14.4 Å². The Kier molecular flexibility index (Phi) is 8.25. The molecule has 170 valence electrons. The van der Waals surface area contributed by atoms with E-state index in [1.807, 2.05) is 61.5 Å². The van der Waals surface area contributed by atoms with Crippen LogP contribution in [-0.4, -0.2) is 47.9 Å². The second-order valence-electron chi connectivity index (χ2n) is 8.36. The summed E-state index contributed by atoms with van der Waals surface area (Å²) in [4.78, 5) is 38.7. The maximum Gasteiger partial charge on any atom is 0.317 e. The average molecular weight is 437 g/mol. The molecule has 1 fully saturated rings. The SMILES string of the molecule is CC(=O)N[C@H](Cc1ccc(C)cc1)C(=O)NC1CCN(C(=O)NCc2ccccc2)CC1. The van der Waals surface area contributed by atoms with Gasteiger partial charge in [-0.2, -0.15) is 0 Å². The Hall–Kier alpha value is -3.35. The van der Waals surface area contributed by atoms with Gasteiger partial charge >= 0.3 is 6.03 Å². The monoisotopic (exact) mass is 436 g/mol. The quantitative estimate of drug-likeness (QED) is 0.623. The van der Waals surface area contributed by atoms with Crippen molar-refractivity contribution in [3.05, 3.63) is 71.3 Å². The molecule has 0 saturated carbocycles. The second kappa shape index (κ2) is 11.3. The van der Waals surface area contributed by atoms with E-state index in [0.717, 1.165) is 16.7 Å². The van der Waals surface area contributed by atoms with Crippen LogP contribution < -0.4 is 16.0 Å². The molecule has 2 aromatic rings. The zero-order valence-corrected chi connectivity index (χ0v) is 18.8. The van der Waals surface area contributed by atoms with Crippen molar-refractivity contribution in [1.82, 2.24) is 20.9 Å². The maximum atomic E-state index is 12.9. The number of benzene rings is 2. The van der Waals surface area contributed by atoms with Gasteiger partial charge in [0.25, 0.3) is 0 Å². The van der Waals surface area contributed by atoms with Crippen molar-refractivity contribution in [2.24, 2.45) is 0 Å². The molecule has 3 N–H and O–H groups in total. The van der Waals surface area contributed by atoms with Crippen LogP contribution in [0, 0.1) is 6.92 Å². The fourth-order valence-corrected chi connectivity index (χ4v) is 3.83. The van der Waals surface area contributed by atoms with E-state index in [1.54, 1.807) is 4.90 Å². The van der Waals surface area contributed by atoms with Gasteiger partial charge in [0.2, 0.25) is 11.8 Å². The Bertz CT molecular complexity index is 907. The molecule has 3 rings (SSSR count). The van der Waals surface area contributed by atoms with Crippen molar-refractivity contribution in [2.45, 2.75) is 51.7 Å². The van der Waals surface area contributed by atoms with Crippen molar-refractivity contribution >= 4 is 17.8 Å². The minimum Gasteiger partial charge on any atom is -0.351 e. The zero-order chi connectivity index (χ0) is 22.9. The lowest BCUT2D eigenvalue weighted by Crippen LogP contribution is -2.54. The lowest BCUT2D eigenvalue weighted by atomic mass is 10.0. The van der Waals surface area contributed by atoms with Gasteiger partial charge in [-0.25, -0.2) is 4.79 Å². The molecule has 7 nitrogen and oxygen atoms in total. The smallest absolute Gasteiger partial charge is 0.317 e. The molecule has 2 aromatic carbocycles. The fourth-order valence-electron chi connectivity index (χ4n) is 3.83. The summed E-state index contributed by atoms with van der Waals surface area (Å²) in [7, 11) is 0. The van der Waals surface area contributed by atoms with Crippen LogP contribution in [0.3, 0.4) is 0 Å². The highest BCUT2D eigenvalue weighted by molar-refractivity contribution is 5.87. The number of hydrogen-bond acceptors (Lipinski definition) is 3. The lowest BCUT2D eigenvalue weighted by Gasteiger charge is -2.33. The third kappa shape index (κ3) is 7.11. The number of nitrogens with zero attached hydrogens (tertiary/aromatic N) is 1. The first-order valence-corrected chi connectivity index (χ1v) is 11.1. The number of hydrogen-bond donors (Lipinski definition) is 3. The summed E-state index contributed by atoms with van der Waals surface area (Å²) < 4.78 is 0. The van der Waals surface area contributed by atoms with Crippen molar-refractivity contribution in [2.75, 3.05) is 13.1 Å². The van der Waals surface area contributed by atoms with Gasteiger partial charge in [0.1, 0.15) is 6.04 Å². The molecule has 0 unspecified atom stereocenters. The van der Waals surface area contributed by atoms with E-state index in [-0.39, 0.29) is 23.9 Å². The van der Waals surface area contributed by atoms with Gasteiger partial charge in [-0.3, -0.25) is 9.59 Å². The van der Waals surface area contributed by atoms with Gasteiger partial charge in [0.05, 0.1) is 0 Å². The number of carbonyl (C=O) groups is 3. The van der Waals surface area contributed by atoms with E-state index < -0.39 is 6.04 Å². The third-order valence-corrected chi connectivity index (χ3v) is 5.67. The first-order valence-electron chi connectivity index (χ1n) is 11.1. The standard InChI is InChI=1S/C25H32N4O3/c1-18-8-10-20(11-9-18)16-23(27-19(2)30)24(31)28-22-12-14-29(15-13-22)25(32)26-17-21-6-4-3-5-7-21/h3-11,22-23H,12-17H2,1-2H3,(H,26,32)(H,27,30)(H,28,31)/t23-/m1/s1. The normalized spacial score (nSPS) is 15.0. The van der Waals surface area contributed by atoms with Crippen molar-refractivity contribution < 1.29 is 14.4 Å². The molecule has 0 bridgehead atoms. The van der Waals surface area contributed by atoms with Gasteiger partial charge in [-0.1, -0.05) is 60.2 Å². The Labute approximate surface area is 189 Å². The zero-order valence-electron chi connectivity index (χ0n) is 18.8. The van der Waals surface area contributed by atoms with Crippen LogP contribution in [0.2, 0.25) is 0 Å². The molecule has 0 aromatic heterocycles. The van der Waals surface area contributed by atoms with Gasteiger partial charge in [0, 0.05) is 39.0 Å². The third-order valence-electron chi connectivity index (χ3n) is 5.67. The first-order chi connectivity index (χ1) is 15.4. The summed E-state index contributed by atoms with van der Waals surface area (Å²) in [5.74, 6) is -0.421. The average Bonchev–Trinajstić information content (AvgIpc) is 2.79. The molecule has 1 aliphatic rings. The molecule has 7 heteroatoms. The number of amides is 4. The van der Waals surface area contributed by atoms with Crippen LogP contribution in [0.15, 0.2) is 54.6 Å². The summed E-state index contributed by atoms with van der Waals surface area (Å²) in [6.45, 7) is 5.08. The summed E-state index contributed by atoms with van der Waals surface area (Å²) in [6.07, 6.45) is 1.80. The molecule has 1 aliphatic heterocycles. The first kappa shape index (κ1) is 23.3. The van der Waals surface area contributed by atoms with E-state index in [4.69, 9.17) is 0 Å². The number of likely N-dealkylation sites (tertiary alicyclic amines) is 1. The Balaban J connectivity index is 1.47. The topological polar surface area (TPSA) is 90.5 Å². The summed E-state index contributed by atoms with van der Waals surface area (Å²) >= 11 is 0. The van der Waals surface area contributed by atoms with E-state index in [1.165, 1.54) is 6.92 Å². The number of piperidine rings is 1. The number of carbonyl (C=O) groups excluding carboxylic acids is 3. The van der Waals surface area contributed by atoms with Crippen molar-refractivity contribution in [3.63, 3.8) is 0 Å². The van der Waals surface area contributed by atoms with Crippen LogP contribution in [0.1, 0.15) is 36.5 Å². The van der Waals surface area contributed by atoms with Crippen molar-refractivity contribution in [1.29, 1.82) is 0 Å². The van der Waals surface area contributed by atoms with Crippen LogP contribution in [0.5, 0.6) is 0 Å². The number of rotatable bonds is 7. The molecule has 32 heavy (non-hydrogen) atoms. The Morgan fingerprint density at radius 1 is 0.969 bits per heavy atom. The molecule has 0 aliphatic carbocycles. The van der Waals surface area contributed by atoms with Crippen LogP contribution in [0.25, 0.3) is 0 Å². The number of nitrogens with one attached hydrogen (secondary N) is 3. The molecular weight excluding hydrogens is 404 g/mol. The van der Waals surface area contributed by atoms with E-state index >= 15 is 0 Å². The predicted octanol–water partition coefficient (Wildman–Crippen LogP) is 2.53. The van der Waals surface area contributed by atoms with Gasteiger partial charge in [-0.05, 0) is 30.9 Å². The molecular formula is C25H32N4O3. The molecule has 1 atom stereocenters. The van der Waals surface area contributed by atoms with Crippen LogP contribution in [0.4, 0.5) is 4.79 Å². The van der Waals surface area contributed by atoms with E-state index in [0.29, 0.717) is 38.9 Å². The molecule has 0 radical (unpaired) electrons. The van der Waals surface area contributed by atoms with Crippen LogP contribution >= 0.6 is 0 Å². The Morgan fingerprint density at radius 2 is 1.62 bits per heavy atom. The highest BCUT2D eigenvalue weighted by atomic mass is 16.2. The van der Waals surface area contributed by atoms with Gasteiger partial charge in [0.15, 0.2) is 0 Å². The minimum absolute atomic E-state index is 0.0186. The molecule has 4 amide bonds.